The van der Waals surface area contributed by atoms with Crippen molar-refractivity contribution in [3.8, 4) is 0 Å². The van der Waals surface area contributed by atoms with Gasteiger partial charge in [0.15, 0.2) is 0 Å². The Kier molecular flexibility index (Phi) is 5.14. The van der Waals surface area contributed by atoms with Gasteiger partial charge in [0.1, 0.15) is 12.0 Å². The first-order valence-corrected chi connectivity index (χ1v) is 8.75. The predicted octanol–water partition coefficient (Wildman–Crippen LogP) is 2.18. The second-order valence-corrected chi connectivity index (χ2v) is 6.81. The van der Waals surface area contributed by atoms with Crippen LogP contribution < -0.4 is 5.32 Å². The van der Waals surface area contributed by atoms with Crippen LogP contribution >= 0.6 is 11.3 Å². The van der Waals surface area contributed by atoms with Gasteiger partial charge < -0.3 is 19.6 Å². The van der Waals surface area contributed by atoms with Crippen molar-refractivity contribution in [1.29, 1.82) is 0 Å². The molecule has 2 aromatic rings. The number of rotatable bonds is 4. The summed E-state index contributed by atoms with van der Waals surface area (Å²) in [5.41, 5.74) is 0.700. The fraction of sp³-hybridized carbons (Fsp3) is 0.438. The van der Waals surface area contributed by atoms with Gasteiger partial charge in [-0.05, 0) is 24.3 Å². The van der Waals surface area contributed by atoms with Gasteiger partial charge >= 0.3 is 6.03 Å². The van der Waals surface area contributed by atoms with E-state index in [2.05, 4.69) is 10.5 Å². The van der Waals surface area contributed by atoms with Gasteiger partial charge in [-0.25, -0.2) is 4.79 Å². The standard InChI is InChI=1S/C16H20N4O3S/c1-19(10-13-6-8-23-18-13)16(22)17-12-4-2-7-20(11-12)15(21)14-5-3-9-24-14/h3,5-6,8-9,12H,2,4,7,10-11H2,1H3,(H,17,22)/t12-/m1/s1. The summed E-state index contributed by atoms with van der Waals surface area (Å²) in [6, 6.07) is 5.23. The molecule has 1 fully saturated rings. The first-order valence-electron chi connectivity index (χ1n) is 7.87. The molecule has 1 aliphatic rings. The van der Waals surface area contributed by atoms with Gasteiger partial charge in [0.25, 0.3) is 5.91 Å². The molecule has 0 aliphatic carbocycles. The van der Waals surface area contributed by atoms with Crippen molar-refractivity contribution < 1.29 is 14.1 Å². The maximum atomic E-state index is 12.4. The zero-order valence-corrected chi connectivity index (χ0v) is 14.3. The molecule has 3 heterocycles. The van der Waals surface area contributed by atoms with Crippen LogP contribution in [0.5, 0.6) is 0 Å². The first kappa shape index (κ1) is 16.5. The van der Waals surface area contributed by atoms with E-state index in [0.717, 1.165) is 24.3 Å². The minimum atomic E-state index is -0.173. The maximum absolute atomic E-state index is 12.4. The summed E-state index contributed by atoms with van der Waals surface area (Å²) in [6.45, 7) is 1.66. The van der Waals surface area contributed by atoms with Crippen molar-refractivity contribution in [2.45, 2.75) is 25.4 Å². The molecule has 0 saturated carbocycles. The number of carbonyl (C=O) groups excluding carboxylic acids is 2. The third-order valence-corrected chi connectivity index (χ3v) is 4.86. The van der Waals surface area contributed by atoms with Gasteiger partial charge in [0, 0.05) is 32.2 Å². The Labute approximate surface area is 144 Å². The number of amides is 3. The highest BCUT2D eigenvalue weighted by atomic mass is 32.1. The lowest BCUT2D eigenvalue weighted by Crippen LogP contribution is -2.52. The maximum Gasteiger partial charge on any atom is 0.317 e. The summed E-state index contributed by atoms with van der Waals surface area (Å²) in [6.07, 6.45) is 3.24. The molecule has 0 radical (unpaired) electrons. The van der Waals surface area contributed by atoms with Crippen LogP contribution in [0.1, 0.15) is 28.2 Å². The molecule has 1 saturated heterocycles. The van der Waals surface area contributed by atoms with Crippen molar-refractivity contribution in [2.24, 2.45) is 0 Å². The molecular formula is C16H20N4O3S. The Morgan fingerprint density at radius 1 is 1.50 bits per heavy atom. The fourth-order valence-corrected chi connectivity index (χ4v) is 3.45. The van der Waals surface area contributed by atoms with E-state index in [0.29, 0.717) is 18.8 Å². The molecule has 0 spiro atoms. The van der Waals surface area contributed by atoms with E-state index in [1.807, 2.05) is 22.4 Å². The fourth-order valence-electron chi connectivity index (χ4n) is 2.75. The molecule has 1 atom stereocenters. The van der Waals surface area contributed by atoms with Crippen LogP contribution in [0.15, 0.2) is 34.4 Å². The molecule has 24 heavy (non-hydrogen) atoms. The summed E-state index contributed by atoms with van der Waals surface area (Å²) in [4.78, 5) is 28.8. The molecule has 1 aliphatic heterocycles. The molecule has 3 rings (SSSR count). The van der Waals surface area contributed by atoms with E-state index in [4.69, 9.17) is 4.52 Å². The van der Waals surface area contributed by atoms with Crippen LogP contribution in [0.25, 0.3) is 0 Å². The zero-order valence-electron chi connectivity index (χ0n) is 13.5. The number of nitrogens with one attached hydrogen (secondary N) is 1. The summed E-state index contributed by atoms with van der Waals surface area (Å²) in [5.74, 6) is 0.0416. The highest BCUT2D eigenvalue weighted by Gasteiger charge is 2.26. The van der Waals surface area contributed by atoms with Crippen molar-refractivity contribution in [2.75, 3.05) is 20.1 Å². The first-order chi connectivity index (χ1) is 11.6. The SMILES string of the molecule is CN(Cc1ccon1)C(=O)N[C@@H]1CCCN(C(=O)c2cccs2)C1. The largest absolute Gasteiger partial charge is 0.364 e. The van der Waals surface area contributed by atoms with Crippen LogP contribution in [0, 0.1) is 0 Å². The molecular weight excluding hydrogens is 328 g/mol. The lowest BCUT2D eigenvalue weighted by atomic mass is 10.1. The van der Waals surface area contributed by atoms with Crippen LogP contribution in [0.2, 0.25) is 0 Å². The number of aromatic nitrogens is 1. The quantitative estimate of drug-likeness (QED) is 0.918. The summed E-state index contributed by atoms with van der Waals surface area (Å²) < 4.78 is 4.77. The van der Waals surface area contributed by atoms with Gasteiger partial charge in [-0.15, -0.1) is 11.3 Å². The number of carbonyl (C=O) groups is 2. The molecule has 0 unspecified atom stereocenters. The third-order valence-electron chi connectivity index (χ3n) is 4.01. The molecule has 0 aromatic carbocycles. The van der Waals surface area contributed by atoms with Gasteiger partial charge in [-0.2, -0.15) is 0 Å². The van der Waals surface area contributed by atoms with E-state index in [-0.39, 0.29) is 18.0 Å². The Balaban J connectivity index is 1.53. The normalized spacial score (nSPS) is 17.5. The number of hydrogen-bond acceptors (Lipinski definition) is 5. The van der Waals surface area contributed by atoms with E-state index in [9.17, 15) is 9.59 Å². The summed E-state index contributed by atoms with van der Waals surface area (Å²) in [7, 11) is 1.71. The van der Waals surface area contributed by atoms with E-state index < -0.39 is 0 Å². The topological polar surface area (TPSA) is 78.7 Å². The van der Waals surface area contributed by atoms with Gasteiger partial charge in [-0.1, -0.05) is 11.2 Å². The molecule has 0 bridgehead atoms. The minimum Gasteiger partial charge on any atom is -0.364 e. The van der Waals surface area contributed by atoms with Crippen LogP contribution in [-0.4, -0.2) is 53.1 Å². The highest BCUT2D eigenvalue weighted by molar-refractivity contribution is 7.12. The molecule has 8 heteroatoms. The Bertz CT molecular complexity index is 672. The number of hydrogen-bond donors (Lipinski definition) is 1. The monoisotopic (exact) mass is 348 g/mol. The number of piperidine rings is 1. The number of thiophene rings is 1. The molecule has 128 valence electrons. The molecule has 7 nitrogen and oxygen atoms in total. The molecule has 3 amide bonds. The van der Waals surface area contributed by atoms with Gasteiger partial charge in [0.05, 0.1) is 11.4 Å². The smallest absolute Gasteiger partial charge is 0.317 e. The van der Waals surface area contributed by atoms with Crippen LogP contribution in [0.4, 0.5) is 4.79 Å². The Morgan fingerprint density at radius 3 is 3.08 bits per heavy atom. The third kappa shape index (κ3) is 3.94. The van der Waals surface area contributed by atoms with E-state index in [1.165, 1.54) is 17.6 Å². The van der Waals surface area contributed by atoms with Gasteiger partial charge in [-0.3, -0.25) is 4.79 Å². The number of nitrogens with zero attached hydrogens (tertiary/aromatic N) is 3. The van der Waals surface area contributed by atoms with E-state index in [1.54, 1.807) is 18.0 Å². The van der Waals surface area contributed by atoms with Crippen molar-refractivity contribution in [3.63, 3.8) is 0 Å². The Morgan fingerprint density at radius 2 is 2.38 bits per heavy atom. The lowest BCUT2D eigenvalue weighted by molar-refractivity contribution is 0.0699. The minimum absolute atomic E-state index is 0.0325. The van der Waals surface area contributed by atoms with Crippen molar-refractivity contribution in [1.82, 2.24) is 20.3 Å². The molecule has 2 aromatic heterocycles. The predicted molar refractivity (Wildman–Crippen MR) is 89.7 cm³/mol. The lowest BCUT2D eigenvalue weighted by Gasteiger charge is -2.33. The zero-order chi connectivity index (χ0) is 16.9. The number of likely N-dealkylation sites (tertiary alicyclic amines) is 1. The average Bonchev–Trinajstić information content (AvgIpc) is 3.28. The second-order valence-electron chi connectivity index (χ2n) is 5.86. The number of urea groups is 1. The van der Waals surface area contributed by atoms with Crippen molar-refractivity contribution >= 4 is 23.3 Å². The van der Waals surface area contributed by atoms with Gasteiger partial charge in [0.2, 0.25) is 0 Å². The average molecular weight is 348 g/mol. The van der Waals surface area contributed by atoms with E-state index >= 15 is 0 Å². The summed E-state index contributed by atoms with van der Waals surface area (Å²) in [5, 5.41) is 8.70. The van der Waals surface area contributed by atoms with Crippen molar-refractivity contribution in [3.05, 3.63) is 40.4 Å². The Hall–Kier alpha value is -2.35. The van der Waals surface area contributed by atoms with Crippen LogP contribution in [0.3, 0.4) is 0 Å². The highest BCUT2D eigenvalue weighted by Crippen LogP contribution is 2.17. The molecule has 1 N–H and O–H groups in total. The summed E-state index contributed by atoms with van der Waals surface area (Å²) >= 11 is 1.44. The second kappa shape index (κ2) is 7.48. The van der Waals surface area contributed by atoms with Crippen LogP contribution in [-0.2, 0) is 6.54 Å².